The van der Waals surface area contributed by atoms with Crippen molar-refractivity contribution in [2.45, 2.75) is 39.5 Å². The Morgan fingerprint density at radius 3 is 2.56 bits per heavy atom. The third-order valence-corrected chi connectivity index (χ3v) is 4.97. The first-order valence-electron chi connectivity index (χ1n) is 10.8. The lowest BCUT2D eigenvalue weighted by Gasteiger charge is -2.07. The number of unbranched alkanes of at least 4 members (excludes halogenated alkanes) is 2. The molecular weight excluding hydrogens is 406 g/mol. The molecule has 0 aliphatic rings. The van der Waals surface area contributed by atoms with Crippen molar-refractivity contribution in [3.63, 3.8) is 0 Å². The number of hydrogen-bond acceptors (Lipinski definition) is 5. The summed E-state index contributed by atoms with van der Waals surface area (Å²) in [7, 11) is 0. The van der Waals surface area contributed by atoms with Gasteiger partial charge in [-0.15, -0.1) is 0 Å². The summed E-state index contributed by atoms with van der Waals surface area (Å²) in [6, 6.07) is 14.0. The lowest BCUT2D eigenvalue weighted by Crippen LogP contribution is -2.12. The highest BCUT2D eigenvalue weighted by molar-refractivity contribution is 6.06. The molecule has 3 aromatic rings. The minimum Gasteiger partial charge on any atom is -0.460 e. The Kier molecular flexibility index (Phi) is 7.97. The molecule has 0 atom stereocenters. The van der Waals surface area contributed by atoms with Crippen molar-refractivity contribution in [3.8, 4) is 0 Å². The van der Waals surface area contributed by atoms with Crippen molar-refractivity contribution in [2.24, 2.45) is 0 Å². The number of para-hydroxylation sites is 1. The maximum absolute atomic E-state index is 12.5. The van der Waals surface area contributed by atoms with Crippen molar-refractivity contribution >= 4 is 34.6 Å². The van der Waals surface area contributed by atoms with Crippen LogP contribution >= 0.6 is 0 Å². The van der Waals surface area contributed by atoms with Gasteiger partial charge in [-0.25, -0.2) is 4.79 Å². The number of benzene rings is 2. The summed E-state index contributed by atoms with van der Waals surface area (Å²) in [4.78, 5) is 36.8. The molecular formula is C26H27NO5. The zero-order valence-electron chi connectivity index (χ0n) is 18.4. The Hall–Kier alpha value is -3.67. The fourth-order valence-electron chi connectivity index (χ4n) is 3.30. The highest BCUT2D eigenvalue weighted by Crippen LogP contribution is 2.23. The van der Waals surface area contributed by atoms with E-state index in [-0.39, 0.29) is 34.7 Å². The number of carbonyl (C=O) groups excluding carboxylic acids is 2. The van der Waals surface area contributed by atoms with Gasteiger partial charge in [0.2, 0.25) is 11.7 Å². The predicted octanol–water partition coefficient (Wildman–Crippen LogP) is 5.35. The van der Waals surface area contributed by atoms with Crippen LogP contribution < -0.4 is 10.7 Å². The molecule has 6 nitrogen and oxygen atoms in total. The zero-order valence-corrected chi connectivity index (χ0v) is 18.4. The molecule has 0 radical (unpaired) electrons. The van der Waals surface area contributed by atoms with Crippen molar-refractivity contribution in [3.05, 3.63) is 81.7 Å². The van der Waals surface area contributed by atoms with Crippen molar-refractivity contribution in [1.29, 1.82) is 0 Å². The molecule has 0 spiro atoms. The van der Waals surface area contributed by atoms with Gasteiger partial charge in [0.1, 0.15) is 0 Å². The summed E-state index contributed by atoms with van der Waals surface area (Å²) in [5, 5.41) is 2.98. The minimum atomic E-state index is -0.731. The number of rotatable bonds is 9. The van der Waals surface area contributed by atoms with Gasteiger partial charge in [0.05, 0.1) is 17.7 Å². The number of ether oxygens (including phenoxy) is 1. The summed E-state index contributed by atoms with van der Waals surface area (Å²) in [6.45, 7) is 4.00. The van der Waals surface area contributed by atoms with E-state index in [0.717, 1.165) is 18.1 Å². The Balaban J connectivity index is 1.75. The Morgan fingerprint density at radius 1 is 1.06 bits per heavy atom. The Morgan fingerprint density at radius 2 is 1.84 bits per heavy atom. The van der Waals surface area contributed by atoms with Gasteiger partial charge in [0.15, 0.2) is 11.0 Å². The molecule has 0 bridgehead atoms. The molecule has 0 aliphatic carbocycles. The number of esters is 1. The molecule has 6 heteroatoms. The van der Waals surface area contributed by atoms with Crippen LogP contribution in [-0.4, -0.2) is 18.5 Å². The van der Waals surface area contributed by atoms with E-state index >= 15 is 0 Å². The van der Waals surface area contributed by atoms with Gasteiger partial charge in [0, 0.05) is 12.1 Å². The largest absolute Gasteiger partial charge is 0.460 e. The van der Waals surface area contributed by atoms with Crippen LogP contribution in [0, 0.1) is 0 Å². The average molecular weight is 434 g/mol. The van der Waals surface area contributed by atoms with Crippen LogP contribution in [0.2, 0.25) is 0 Å². The van der Waals surface area contributed by atoms with E-state index in [1.807, 2.05) is 12.1 Å². The van der Waals surface area contributed by atoms with Crippen LogP contribution in [0.5, 0.6) is 0 Å². The van der Waals surface area contributed by atoms with Crippen LogP contribution in [0.4, 0.5) is 5.69 Å². The number of hydrogen-bond donors (Lipinski definition) is 1. The molecule has 0 unspecified atom stereocenters. The molecule has 1 amide bonds. The summed E-state index contributed by atoms with van der Waals surface area (Å²) in [6.07, 6.45) is 7.78. The predicted molar refractivity (Wildman–Crippen MR) is 126 cm³/mol. The molecule has 1 heterocycles. The number of carbonyl (C=O) groups is 2. The third kappa shape index (κ3) is 5.94. The van der Waals surface area contributed by atoms with Crippen LogP contribution in [0.1, 0.15) is 54.8 Å². The lowest BCUT2D eigenvalue weighted by atomic mass is 10.1. The number of nitrogens with one attached hydrogen (secondary N) is 1. The van der Waals surface area contributed by atoms with E-state index in [1.165, 1.54) is 30.9 Å². The highest BCUT2D eigenvalue weighted by Gasteiger charge is 2.15. The summed E-state index contributed by atoms with van der Waals surface area (Å²) in [5.41, 5.74) is 2.23. The van der Waals surface area contributed by atoms with E-state index in [4.69, 9.17) is 9.15 Å². The van der Waals surface area contributed by atoms with Gasteiger partial charge >= 0.3 is 5.97 Å². The highest BCUT2D eigenvalue weighted by atomic mass is 16.5. The second-order valence-corrected chi connectivity index (χ2v) is 7.40. The first-order chi connectivity index (χ1) is 15.5. The van der Waals surface area contributed by atoms with E-state index in [2.05, 4.69) is 24.4 Å². The molecule has 1 aromatic heterocycles. The topological polar surface area (TPSA) is 85.6 Å². The first-order valence-corrected chi connectivity index (χ1v) is 10.8. The monoisotopic (exact) mass is 433 g/mol. The normalized spacial score (nSPS) is 11.1. The van der Waals surface area contributed by atoms with Crippen LogP contribution in [0.3, 0.4) is 0 Å². The minimum absolute atomic E-state index is 0.126. The van der Waals surface area contributed by atoms with Crippen molar-refractivity contribution < 1.29 is 18.7 Å². The fraction of sp³-hybridized carbons (Fsp3) is 0.269. The van der Waals surface area contributed by atoms with Crippen LogP contribution in [0.25, 0.3) is 17.0 Å². The Labute approximate surface area is 186 Å². The van der Waals surface area contributed by atoms with Gasteiger partial charge in [-0.05, 0) is 49.1 Å². The van der Waals surface area contributed by atoms with Gasteiger partial charge in [-0.2, -0.15) is 0 Å². The van der Waals surface area contributed by atoms with E-state index in [0.29, 0.717) is 5.69 Å². The van der Waals surface area contributed by atoms with Gasteiger partial charge in [-0.1, -0.05) is 50.1 Å². The fourth-order valence-corrected chi connectivity index (χ4v) is 3.30. The molecule has 0 saturated heterocycles. The lowest BCUT2D eigenvalue weighted by molar-refractivity contribution is -0.111. The quantitative estimate of drug-likeness (QED) is 0.279. The Bertz CT molecular complexity index is 1180. The smallest absolute Gasteiger partial charge is 0.374 e. The van der Waals surface area contributed by atoms with Crippen molar-refractivity contribution in [2.75, 3.05) is 11.9 Å². The van der Waals surface area contributed by atoms with Gasteiger partial charge in [0.25, 0.3) is 0 Å². The summed E-state index contributed by atoms with van der Waals surface area (Å²) in [5.74, 6) is -1.32. The molecule has 1 N–H and O–H groups in total. The molecule has 2 aromatic carbocycles. The SMILES string of the molecule is CCCCCc1ccc(/C=C/C(=O)Nc2cccc3c(=O)cc(C(=O)OCC)oc23)cc1. The average Bonchev–Trinajstić information content (AvgIpc) is 2.79. The maximum atomic E-state index is 12.5. The second kappa shape index (κ2) is 11.1. The standard InChI is InChI=1S/C26H27NO5/c1-3-5-6-8-18-11-13-19(14-12-18)15-16-24(29)27-21-10-7-9-20-22(28)17-23(32-25(20)21)26(30)31-4-2/h7,9-17H,3-6,8H2,1-2H3,(H,27,29)/b16-15+. The van der Waals surface area contributed by atoms with E-state index < -0.39 is 5.97 Å². The van der Waals surface area contributed by atoms with Crippen molar-refractivity contribution in [1.82, 2.24) is 0 Å². The van der Waals surface area contributed by atoms with Crippen LogP contribution in [0.15, 0.2) is 63.8 Å². The molecule has 0 saturated carbocycles. The molecule has 0 fully saturated rings. The maximum Gasteiger partial charge on any atom is 0.374 e. The van der Waals surface area contributed by atoms with Gasteiger partial charge in [-0.3, -0.25) is 9.59 Å². The van der Waals surface area contributed by atoms with E-state index in [9.17, 15) is 14.4 Å². The number of anilines is 1. The van der Waals surface area contributed by atoms with E-state index in [1.54, 1.807) is 31.2 Å². The first kappa shape index (κ1) is 23.0. The number of amides is 1. The zero-order chi connectivity index (χ0) is 22.9. The van der Waals surface area contributed by atoms with Gasteiger partial charge < -0.3 is 14.5 Å². The molecule has 32 heavy (non-hydrogen) atoms. The molecule has 0 aliphatic heterocycles. The second-order valence-electron chi connectivity index (χ2n) is 7.40. The molecule has 3 rings (SSSR count). The summed E-state index contributed by atoms with van der Waals surface area (Å²) < 4.78 is 10.5. The number of aryl methyl sites for hydroxylation is 1. The molecule has 166 valence electrons. The third-order valence-electron chi connectivity index (χ3n) is 4.97. The van der Waals surface area contributed by atoms with Crippen LogP contribution in [-0.2, 0) is 16.0 Å². The summed E-state index contributed by atoms with van der Waals surface area (Å²) >= 11 is 0. The number of fused-ring (bicyclic) bond motifs is 1.